The highest BCUT2D eigenvalue weighted by Crippen LogP contribution is 2.19. The summed E-state index contributed by atoms with van der Waals surface area (Å²) in [5.41, 5.74) is 7.23. The van der Waals surface area contributed by atoms with Crippen molar-refractivity contribution in [2.75, 3.05) is 0 Å². The molecule has 0 aliphatic rings. The first-order chi connectivity index (χ1) is 12.1. The molecule has 124 valence electrons. The lowest BCUT2D eigenvalue weighted by Crippen LogP contribution is -2.40. The monoisotopic (exact) mass is 330 g/mol. The third kappa shape index (κ3) is 4.12. The highest BCUT2D eigenvalue weighted by atomic mass is 16.2. The standard InChI is InChI=1S/C21H18N2O2/c1-15-6-4-10-18(14-15)21(25)23-22-20(24)13-12-17-9-5-8-16-7-2-3-11-19(16)17/h2-14H,1H3,(H,22,24)(H,23,25)/b13-12+. The van der Waals surface area contributed by atoms with Gasteiger partial charge in [-0.2, -0.15) is 0 Å². The predicted molar refractivity (Wildman–Crippen MR) is 99.8 cm³/mol. The quantitative estimate of drug-likeness (QED) is 0.569. The second kappa shape index (κ2) is 7.45. The van der Waals surface area contributed by atoms with Gasteiger partial charge in [0.15, 0.2) is 0 Å². The van der Waals surface area contributed by atoms with Crippen LogP contribution in [0.5, 0.6) is 0 Å². The van der Waals surface area contributed by atoms with E-state index in [0.717, 1.165) is 21.9 Å². The Morgan fingerprint density at radius 3 is 2.48 bits per heavy atom. The number of hydrogen-bond acceptors (Lipinski definition) is 2. The molecule has 4 nitrogen and oxygen atoms in total. The maximum Gasteiger partial charge on any atom is 0.269 e. The molecule has 0 aliphatic heterocycles. The maximum atomic E-state index is 12.0. The van der Waals surface area contributed by atoms with Gasteiger partial charge in [-0.1, -0.05) is 60.2 Å². The molecule has 0 bridgehead atoms. The van der Waals surface area contributed by atoms with Crippen LogP contribution in [-0.2, 0) is 4.79 Å². The average Bonchev–Trinajstić information content (AvgIpc) is 2.64. The molecule has 3 rings (SSSR count). The van der Waals surface area contributed by atoms with Crippen molar-refractivity contribution in [1.29, 1.82) is 0 Å². The zero-order valence-corrected chi connectivity index (χ0v) is 13.8. The topological polar surface area (TPSA) is 58.2 Å². The summed E-state index contributed by atoms with van der Waals surface area (Å²) < 4.78 is 0. The fourth-order valence-corrected chi connectivity index (χ4v) is 2.58. The number of amides is 2. The summed E-state index contributed by atoms with van der Waals surface area (Å²) in [7, 11) is 0. The van der Waals surface area contributed by atoms with Crippen molar-refractivity contribution in [3.05, 3.63) is 89.5 Å². The molecule has 0 heterocycles. The SMILES string of the molecule is Cc1cccc(C(=O)NNC(=O)/C=C/c2cccc3ccccc23)c1. The third-order valence-corrected chi connectivity index (χ3v) is 3.82. The van der Waals surface area contributed by atoms with Gasteiger partial charge in [0, 0.05) is 11.6 Å². The fraction of sp³-hybridized carbons (Fsp3) is 0.0476. The van der Waals surface area contributed by atoms with Crippen LogP contribution in [0, 0.1) is 6.92 Å². The number of aryl methyl sites for hydroxylation is 1. The second-order valence-corrected chi connectivity index (χ2v) is 5.71. The number of benzene rings is 3. The van der Waals surface area contributed by atoms with Crippen molar-refractivity contribution in [1.82, 2.24) is 10.9 Å². The molecule has 2 amide bonds. The van der Waals surface area contributed by atoms with Gasteiger partial charge in [-0.15, -0.1) is 0 Å². The summed E-state index contributed by atoms with van der Waals surface area (Å²) in [6.45, 7) is 1.91. The van der Waals surface area contributed by atoms with Crippen molar-refractivity contribution in [2.24, 2.45) is 0 Å². The summed E-state index contributed by atoms with van der Waals surface area (Å²) in [6, 6.07) is 21.0. The Bertz CT molecular complexity index is 956. The van der Waals surface area contributed by atoms with Gasteiger partial charge < -0.3 is 0 Å². The third-order valence-electron chi connectivity index (χ3n) is 3.82. The molecule has 0 unspecified atom stereocenters. The molecule has 0 radical (unpaired) electrons. The number of fused-ring (bicyclic) bond motifs is 1. The highest BCUT2D eigenvalue weighted by molar-refractivity contribution is 5.99. The van der Waals surface area contributed by atoms with E-state index in [0.29, 0.717) is 5.56 Å². The molecule has 0 atom stereocenters. The lowest BCUT2D eigenvalue weighted by atomic mass is 10.0. The lowest BCUT2D eigenvalue weighted by Gasteiger charge is -2.06. The molecule has 0 aromatic heterocycles. The Hall–Kier alpha value is -3.40. The zero-order chi connectivity index (χ0) is 17.6. The molecule has 25 heavy (non-hydrogen) atoms. The van der Waals surface area contributed by atoms with Crippen LogP contribution in [-0.4, -0.2) is 11.8 Å². The van der Waals surface area contributed by atoms with Gasteiger partial charge in [-0.3, -0.25) is 20.4 Å². The first kappa shape index (κ1) is 16.5. The second-order valence-electron chi connectivity index (χ2n) is 5.71. The van der Waals surface area contributed by atoms with E-state index in [4.69, 9.17) is 0 Å². The van der Waals surface area contributed by atoms with Crippen LogP contribution in [0.3, 0.4) is 0 Å². The molecule has 0 saturated carbocycles. The van der Waals surface area contributed by atoms with Crippen molar-refractivity contribution in [3.63, 3.8) is 0 Å². The summed E-state index contributed by atoms with van der Waals surface area (Å²) in [6.07, 6.45) is 3.13. The number of hydrazine groups is 1. The number of nitrogens with one attached hydrogen (secondary N) is 2. The van der Waals surface area contributed by atoms with Gasteiger partial charge in [0.1, 0.15) is 0 Å². The van der Waals surface area contributed by atoms with Crippen LogP contribution in [0.25, 0.3) is 16.8 Å². The Morgan fingerprint density at radius 1 is 0.880 bits per heavy atom. The van der Waals surface area contributed by atoms with Crippen LogP contribution < -0.4 is 10.9 Å². The molecular weight excluding hydrogens is 312 g/mol. The minimum atomic E-state index is -0.395. The Balaban J connectivity index is 1.64. The number of rotatable bonds is 3. The molecule has 3 aromatic carbocycles. The zero-order valence-electron chi connectivity index (χ0n) is 13.8. The van der Waals surface area contributed by atoms with E-state index >= 15 is 0 Å². The Kier molecular flexibility index (Phi) is 4.90. The minimum absolute atomic E-state index is 0.351. The lowest BCUT2D eigenvalue weighted by molar-refractivity contribution is -0.117. The molecule has 0 fully saturated rings. The van der Waals surface area contributed by atoms with Gasteiger partial charge >= 0.3 is 0 Å². The van der Waals surface area contributed by atoms with E-state index in [1.54, 1.807) is 24.3 Å². The van der Waals surface area contributed by atoms with Crippen molar-refractivity contribution in [3.8, 4) is 0 Å². The maximum absolute atomic E-state index is 12.0. The van der Waals surface area contributed by atoms with E-state index in [2.05, 4.69) is 10.9 Å². The first-order valence-electron chi connectivity index (χ1n) is 7.96. The van der Waals surface area contributed by atoms with Crippen LogP contribution in [0.2, 0.25) is 0 Å². The van der Waals surface area contributed by atoms with E-state index in [9.17, 15) is 9.59 Å². The molecule has 3 aromatic rings. The largest absolute Gasteiger partial charge is 0.269 e. The highest BCUT2D eigenvalue weighted by Gasteiger charge is 2.06. The average molecular weight is 330 g/mol. The normalized spacial score (nSPS) is 10.8. The fourth-order valence-electron chi connectivity index (χ4n) is 2.58. The van der Waals surface area contributed by atoms with Gasteiger partial charge in [0.25, 0.3) is 11.8 Å². The van der Waals surface area contributed by atoms with Crippen molar-refractivity contribution in [2.45, 2.75) is 6.92 Å². The number of hydrogen-bond donors (Lipinski definition) is 2. The molecule has 4 heteroatoms. The Labute approximate surface area is 146 Å². The molecule has 0 spiro atoms. The van der Waals surface area contributed by atoms with Gasteiger partial charge in [0.2, 0.25) is 0 Å². The number of carbonyl (C=O) groups excluding carboxylic acids is 2. The summed E-state index contributed by atoms with van der Waals surface area (Å²) >= 11 is 0. The first-order valence-corrected chi connectivity index (χ1v) is 7.96. The molecule has 2 N–H and O–H groups in total. The van der Waals surface area contributed by atoms with E-state index in [-0.39, 0.29) is 5.91 Å². The van der Waals surface area contributed by atoms with E-state index in [1.165, 1.54) is 6.08 Å². The molecular formula is C21H18N2O2. The van der Waals surface area contributed by atoms with Gasteiger partial charge in [0.05, 0.1) is 0 Å². The summed E-state index contributed by atoms with van der Waals surface area (Å²) in [5.74, 6) is -0.746. The summed E-state index contributed by atoms with van der Waals surface area (Å²) in [4.78, 5) is 23.9. The Morgan fingerprint density at radius 2 is 1.64 bits per heavy atom. The van der Waals surface area contributed by atoms with Crippen LogP contribution in [0.15, 0.2) is 72.8 Å². The smallest absolute Gasteiger partial charge is 0.268 e. The summed E-state index contributed by atoms with van der Waals surface area (Å²) in [5, 5.41) is 2.18. The van der Waals surface area contributed by atoms with E-state index in [1.807, 2.05) is 55.5 Å². The van der Waals surface area contributed by atoms with E-state index < -0.39 is 5.91 Å². The van der Waals surface area contributed by atoms with Gasteiger partial charge in [-0.25, -0.2) is 0 Å². The molecule has 0 saturated heterocycles. The van der Waals surface area contributed by atoms with Crippen LogP contribution in [0.4, 0.5) is 0 Å². The van der Waals surface area contributed by atoms with Crippen molar-refractivity contribution >= 4 is 28.7 Å². The number of carbonyl (C=O) groups is 2. The van der Waals surface area contributed by atoms with Crippen LogP contribution in [0.1, 0.15) is 21.5 Å². The van der Waals surface area contributed by atoms with Crippen LogP contribution >= 0.6 is 0 Å². The molecule has 0 aliphatic carbocycles. The predicted octanol–water partition coefficient (Wildman–Crippen LogP) is 3.62. The van der Waals surface area contributed by atoms with Gasteiger partial charge in [-0.05, 0) is 41.5 Å². The minimum Gasteiger partial charge on any atom is -0.268 e. The van der Waals surface area contributed by atoms with Crippen molar-refractivity contribution < 1.29 is 9.59 Å².